The molecule has 1 rings (SSSR count). The lowest BCUT2D eigenvalue weighted by Gasteiger charge is -2.24. The first-order chi connectivity index (χ1) is 22.5. The van der Waals surface area contributed by atoms with Gasteiger partial charge in [-0.2, -0.15) is 0 Å². The Morgan fingerprint density at radius 2 is 0.783 bits per heavy atom. The Hall–Kier alpha value is -1.16. The molecule has 1 aliphatic rings. The van der Waals surface area contributed by atoms with Crippen LogP contribution in [0.2, 0.25) is 0 Å². The van der Waals surface area contributed by atoms with Crippen molar-refractivity contribution in [1.29, 1.82) is 0 Å². The summed E-state index contributed by atoms with van der Waals surface area (Å²) < 4.78 is 14.1. The Kier molecular flexibility index (Phi) is 29.0. The summed E-state index contributed by atoms with van der Waals surface area (Å²) in [6, 6.07) is 0. The van der Waals surface area contributed by atoms with E-state index in [1.54, 1.807) is 0 Å². The average molecular weight is 643 g/mol. The Labute approximate surface area is 288 Å². The second kappa shape index (κ2) is 31.1. The highest BCUT2D eigenvalue weighted by molar-refractivity contribution is 4.93. The van der Waals surface area contributed by atoms with E-state index in [1.165, 1.54) is 154 Å². The maximum Gasteiger partial charge on any atom is 0.158 e. The van der Waals surface area contributed by atoms with Gasteiger partial charge in [0, 0.05) is 12.8 Å². The predicted octanol–water partition coefficient (Wildman–Crippen LogP) is 13.2. The Morgan fingerprint density at radius 1 is 0.413 bits per heavy atom. The summed E-state index contributed by atoms with van der Waals surface area (Å²) in [6.45, 7) is 5.71. The third kappa shape index (κ3) is 27.9. The van der Waals surface area contributed by atoms with Gasteiger partial charge in [-0.3, -0.25) is 0 Å². The van der Waals surface area contributed by atoms with Crippen molar-refractivity contribution >= 4 is 0 Å². The highest BCUT2D eigenvalue weighted by Crippen LogP contribution is 2.30. The quantitative estimate of drug-likeness (QED) is 0.0413. The van der Waals surface area contributed by atoms with Crippen LogP contribution in [0.4, 0.5) is 0 Å². The minimum atomic E-state index is 0.0116. The van der Waals surface area contributed by atoms with Crippen LogP contribution in [-0.2, 0) is 9.47 Å². The molecule has 0 amide bonds. The highest BCUT2D eigenvalue weighted by atomic mass is 16.7. The Morgan fingerprint density at radius 3 is 1.17 bits per heavy atom. The lowest BCUT2D eigenvalue weighted by molar-refractivity contribution is -0.870. The van der Waals surface area contributed by atoms with Gasteiger partial charge in [-0.25, -0.2) is 0 Å². The van der Waals surface area contributed by atoms with Crippen molar-refractivity contribution in [2.45, 2.75) is 199 Å². The first-order valence-corrected chi connectivity index (χ1v) is 20.2. The molecule has 1 fully saturated rings. The maximum absolute atomic E-state index is 6.53. The summed E-state index contributed by atoms with van der Waals surface area (Å²) in [4.78, 5) is 0. The van der Waals surface area contributed by atoms with Crippen molar-refractivity contribution in [2.75, 3.05) is 27.7 Å². The zero-order valence-corrected chi connectivity index (χ0v) is 31.7. The smallest absolute Gasteiger partial charge is 0.158 e. The van der Waals surface area contributed by atoms with Crippen molar-refractivity contribution in [3.8, 4) is 0 Å². The van der Waals surface area contributed by atoms with E-state index in [0.717, 1.165) is 23.7 Å². The largest absolute Gasteiger partial charge is 0.347 e. The molecule has 268 valence electrons. The topological polar surface area (TPSA) is 18.5 Å². The van der Waals surface area contributed by atoms with Crippen LogP contribution in [0.1, 0.15) is 181 Å². The minimum absolute atomic E-state index is 0.0116. The van der Waals surface area contributed by atoms with Crippen LogP contribution in [0, 0.1) is 0 Å². The van der Waals surface area contributed by atoms with Gasteiger partial charge in [-0.05, 0) is 77.0 Å². The second-order valence-corrected chi connectivity index (χ2v) is 15.0. The standard InChI is InChI=1S/C43H80NO2/c1-6-8-10-12-14-16-18-20-22-24-26-28-30-32-34-37-41-42(46-43(45-41)39-36-40-44(3,4)5)38-35-33-31-29-27-25-23-21-19-17-15-13-11-9-7-2/h14-17,20-23,41-43H,6-13,18-19,24-40H2,1-5H3/q+1. The van der Waals surface area contributed by atoms with Gasteiger partial charge in [0.15, 0.2) is 6.29 Å². The lowest BCUT2D eigenvalue weighted by atomic mass is 9.99. The number of unbranched alkanes of at least 4 members (excludes halogenated alkanes) is 16. The zero-order valence-electron chi connectivity index (χ0n) is 31.7. The fourth-order valence-electron chi connectivity index (χ4n) is 6.29. The van der Waals surface area contributed by atoms with Gasteiger partial charge in [0.25, 0.3) is 0 Å². The van der Waals surface area contributed by atoms with Gasteiger partial charge in [0.1, 0.15) is 0 Å². The van der Waals surface area contributed by atoms with Crippen LogP contribution >= 0.6 is 0 Å². The van der Waals surface area contributed by atoms with E-state index >= 15 is 0 Å². The van der Waals surface area contributed by atoms with E-state index in [0.29, 0.717) is 12.2 Å². The van der Waals surface area contributed by atoms with Gasteiger partial charge < -0.3 is 14.0 Å². The van der Waals surface area contributed by atoms with Gasteiger partial charge in [0.05, 0.1) is 39.9 Å². The molecule has 0 radical (unpaired) electrons. The van der Waals surface area contributed by atoms with Crippen LogP contribution in [0.5, 0.6) is 0 Å². The van der Waals surface area contributed by atoms with Crippen LogP contribution in [0.3, 0.4) is 0 Å². The molecule has 1 heterocycles. The molecule has 0 aromatic rings. The monoisotopic (exact) mass is 643 g/mol. The summed E-state index contributed by atoms with van der Waals surface area (Å²) in [5, 5.41) is 0. The third-order valence-electron chi connectivity index (χ3n) is 9.22. The number of hydrogen-bond donors (Lipinski definition) is 0. The number of ether oxygens (including phenoxy) is 2. The van der Waals surface area contributed by atoms with E-state index in [-0.39, 0.29) is 6.29 Å². The molecule has 2 unspecified atom stereocenters. The number of rotatable bonds is 32. The summed E-state index contributed by atoms with van der Waals surface area (Å²) in [7, 11) is 6.82. The minimum Gasteiger partial charge on any atom is -0.347 e. The molecular weight excluding hydrogens is 562 g/mol. The van der Waals surface area contributed by atoms with E-state index in [4.69, 9.17) is 9.47 Å². The lowest BCUT2D eigenvalue weighted by Crippen LogP contribution is -2.35. The maximum atomic E-state index is 6.53. The number of nitrogens with zero attached hydrogens (tertiary/aromatic N) is 1. The Bertz CT molecular complexity index is 707. The molecule has 3 nitrogen and oxygen atoms in total. The molecule has 2 atom stereocenters. The molecule has 1 aliphatic heterocycles. The summed E-state index contributed by atoms with van der Waals surface area (Å²) in [6.07, 6.45) is 52.4. The molecule has 0 aromatic heterocycles. The van der Waals surface area contributed by atoms with Gasteiger partial charge in [-0.1, -0.05) is 140 Å². The SMILES string of the molecule is CCCCCC=CCC=CCCCCCCCC1OC(CCC[N+](C)(C)C)OC1CCCCCCCC=CCC=CCCCCC. The van der Waals surface area contributed by atoms with Crippen LogP contribution in [-0.4, -0.2) is 50.7 Å². The van der Waals surface area contributed by atoms with E-state index in [1.807, 2.05) is 0 Å². The van der Waals surface area contributed by atoms with Gasteiger partial charge in [0.2, 0.25) is 0 Å². The van der Waals surface area contributed by atoms with E-state index < -0.39 is 0 Å². The molecule has 0 saturated carbocycles. The number of hydrogen-bond acceptors (Lipinski definition) is 2. The van der Waals surface area contributed by atoms with Gasteiger partial charge in [-0.15, -0.1) is 0 Å². The van der Waals surface area contributed by atoms with Crippen molar-refractivity contribution in [1.82, 2.24) is 0 Å². The fraction of sp³-hybridized carbons (Fsp3) is 0.814. The molecule has 0 aromatic carbocycles. The summed E-state index contributed by atoms with van der Waals surface area (Å²) >= 11 is 0. The molecular formula is C43H80NO2+. The van der Waals surface area contributed by atoms with E-state index in [2.05, 4.69) is 83.6 Å². The van der Waals surface area contributed by atoms with Crippen LogP contribution in [0.15, 0.2) is 48.6 Å². The van der Waals surface area contributed by atoms with Crippen LogP contribution < -0.4 is 0 Å². The van der Waals surface area contributed by atoms with Crippen molar-refractivity contribution in [3.05, 3.63) is 48.6 Å². The van der Waals surface area contributed by atoms with Crippen molar-refractivity contribution in [3.63, 3.8) is 0 Å². The van der Waals surface area contributed by atoms with Crippen molar-refractivity contribution in [2.24, 2.45) is 0 Å². The molecule has 0 aliphatic carbocycles. The molecule has 0 spiro atoms. The fourth-order valence-corrected chi connectivity index (χ4v) is 6.29. The first-order valence-electron chi connectivity index (χ1n) is 20.2. The molecule has 0 N–H and O–H groups in total. The summed E-state index contributed by atoms with van der Waals surface area (Å²) in [5.41, 5.74) is 0. The number of allylic oxidation sites excluding steroid dienone is 8. The van der Waals surface area contributed by atoms with E-state index in [9.17, 15) is 0 Å². The first kappa shape index (κ1) is 42.9. The summed E-state index contributed by atoms with van der Waals surface area (Å²) in [5.74, 6) is 0. The zero-order chi connectivity index (χ0) is 33.4. The Balaban J connectivity index is 2.20. The third-order valence-corrected chi connectivity index (χ3v) is 9.22. The molecule has 46 heavy (non-hydrogen) atoms. The van der Waals surface area contributed by atoms with Crippen LogP contribution in [0.25, 0.3) is 0 Å². The average Bonchev–Trinajstić information content (AvgIpc) is 3.41. The predicted molar refractivity (Wildman–Crippen MR) is 204 cm³/mol. The van der Waals surface area contributed by atoms with Gasteiger partial charge >= 0.3 is 0 Å². The molecule has 1 saturated heterocycles. The molecule has 3 heteroatoms. The van der Waals surface area contributed by atoms with Crippen molar-refractivity contribution < 1.29 is 14.0 Å². The number of quaternary nitrogens is 1. The molecule has 0 bridgehead atoms. The highest BCUT2D eigenvalue weighted by Gasteiger charge is 2.35. The second-order valence-electron chi connectivity index (χ2n) is 15.0. The normalized spacial score (nSPS) is 19.3.